The molecule has 2 aromatic rings. The minimum atomic E-state index is -0.648. The van der Waals surface area contributed by atoms with E-state index in [9.17, 15) is 4.79 Å². The first kappa shape index (κ1) is 18.5. The second-order valence-electron chi connectivity index (χ2n) is 5.63. The SMILES string of the molecule is Cl.Nc1ccc(NC(=O)C2(c3cccc(Cl)c3)CCOCC2)cn1. The quantitative estimate of drug-likeness (QED) is 0.870. The van der Waals surface area contributed by atoms with Crippen LogP contribution in [0.25, 0.3) is 0 Å². The number of nitrogens with two attached hydrogens (primary N) is 1. The Morgan fingerprint density at radius 3 is 2.62 bits per heavy atom. The van der Waals surface area contributed by atoms with E-state index in [0.717, 1.165) is 5.56 Å². The number of ether oxygens (including phenoxy) is 1. The number of hydrogen-bond acceptors (Lipinski definition) is 4. The van der Waals surface area contributed by atoms with Gasteiger partial charge in [-0.05, 0) is 42.7 Å². The lowest BCUT2D eigenvalue weighted by molar-refractivity contribution is -0.125. The summed E-state index contributed by atoms with van der Waals surface area (Å²) in [5.74, 6) is 0.341. The molecule has 0 aliphatic carbocycles. The molecule has 1 aliphatic rings. The van der Waals surface area contributed by atoms with E-state index in [1.54, 1.807) is 24.4 Å². The summed E-state index contributed by atoms with van der Waals surface area (Å²) < 4.78 is 5.45. The van der Waals surface area contributed by atoms with Crippen molar-refractivity contribution in [2.75, 3.05) is 24.3 Å². The van der Waals surface area contributed by atoms with Gasteiger partial charge in [-0.2, -0.15) is 0 Å². The summed E-state index contributed by atoms with van der Waals surface area (Å²) in [7, 11) is 0. The van der Waals surface area contributed by atoms with Gasteiger partial charge in [0, 0.05) is 18.2 Å². The van der Waals surface area contributed by atoms with Crippen molar-refractivity contribution < 1.29 is 9.53 Å². The van der Waals surface area contributed by atoms with Gasteiger partial charge in [0.1, 0.15) is 5.82 Å². The second-order valence-corrected chi connectivity index (χ2v) is 6.07. The Morgan fingerprint density at radius 2 is 2.00 bits per heavy atom. The highest BCUT2D eigenvalue weighted by molar-refractivity contribution is 6.30. The molecule has 1 aromatic carbocycles. The van der Waals surface area contributed by atoms with Crippen LogP contribution in [-0.2, 0) is 14.9 Å². The number of nitrogens with zero attached hydrogens (tertiary/aromatic N) is 1. The van der Waals surface area contributed by atoms with Crippen LogP contribution in [0.2, 0.25) is 5.02 Å². The van der Waals surface area contributed by atoms with Crippen LogP contribution in [0.1, 0.15) is 18.4 Å². The van der Waals surface area contributed by atoms with Crippen LogP contribution in [0.5, 0.6) is 0 Å². The molecule has 0 unspecified atom stereocenters. The summed E-state index contributed by atoms with van der Waals surface area (Å²) >= 11 is 6.12. The molecule has 0 bridgehead atoms. The largest absolute Gasteiger partial charge is 0.384 e. The van der Waals surface area contributed by atoms with E-state index in [4.69, 9.17) is 22.1 Å². The van der Waals surface area contributed by atoms with E-state index in [0.29, 0.717) is 42.6 Å². The maximum atomic E-state index is 13.0. The molecule has 128 valence electrons. The molecule has 0 saturated carbocycles. The monoisotopic (exact) mass is 367 g/mol. The number of carbonyl (C=O) groups is 1. The van der Waals surface area contributed by atoms with E-state index in [1.807, 2.05) is 18.2 Å². The van der Waals surface area contributed by atoms with Gasteiger partial charge in [-0.3, -0.25) is 4.79 Å². The average Bonchev–Trinajstić information content (AvgIpc) is 2.57. The van der Waals surface area contributed by atoms with Gasteiger partial charge in [-0.25, -0.2) is 4.98 Å². The van der Waals surface area contributed by atoms with Crippen molar-refractivity contribution >= 4 is 41.4 Å². The van der Waals surface area contributed by atoms with Crippen molar-refractivity contribution in [2.45, 2.75) is 18.3 Å². The number of nitrogens with one attached hydrogen (secondary N) is 1. The summed E-state index contributed by atoms with van der Waals surface area (Å²) in [4.78, 5) is 17.0. The Morgan fingerprint density at radius 1 is 1.25 bits per heavy atom. The molecule has 0 atom stereocenters. The first-order valence-electron chi connectivity index (χ1n) is 7.47. The molecule has 2 heterocycles. The van der Waals surface area contributed by atoms with Crippen LogP contribution in [0.15, 0.2) is 42.6 Å². The number of nitrogen functional groups attached to an aromatic ring is 1. The maximum Gasteiger partial charge on any atom is 0.235 e. The molecule has 24 heavy (non-hydrogen) atoms. The van der Waals surface area contributed by atoms with Crippen LogP contribution in [-0.4, -0.2) is 24.1 Å². The molecule has 1 saturated heterocycles. The van der Waals surface area contributed by atoms with E-state index >= 15 is 0 Å². The third-order valence-corrected chi connectivity index (χ3v) is 4.44. The van der Waals surface area contributed by atoms with Crippen LogP contribution in [0.3, 0.4) is 0 Å². The van der Waals surface area contributed by atoms with E-state index in [1.165, 1.54) is 0 Å². The smallest absolute Gasteiger partial charge is 0.235 e. The lowest BCUT2D eigenvalue weighted by Crippen LogP contribution is -2.44. The summed E-state index contributed by atoms with van der Waals surface area (Å²) in [5.41, 5.74) is 6.46. The highest BCUT2D eigenvalue weighted by Crippen LogP contribution is 2.37. The summed E-state index contributed by atoms with van der Waals surface area (Å²) in [6.45, 7) is 1.08. The highest BCUT2D eigenvalue weighted by Gasteiger charge is 2.41. The third-order valence-electron chi connectivity index (χ3n) is 4.20. The Labute approximate surface area is 152 Å². The van der Waals surface area contributed by atoms with Gasteiger partial charge in [0.05, 0.1) is 17.3 Å². The van der Waals surface area contributed by atoms with Gasteiger partial charge in [0.15, 0.2) is 0 Å². The molecule has 1 aliphatic heterocycles. The number of halogens is 2. The normalized spacial score (nSPS) is 16.0. The Balaban J connectivity index is 0.00000208. The van der Waals surface area contributed by atoms with Crippen molar-refractivity contribution in [1.82, 2.24) is 4.98 Å². The van der Waals surface area contributed by atoms with Crippen LogP contribution < -0.4 is 11.1 Å². The molecular weight excluding hydrogens is 349 g/mol. The van der Waals surface area contributed by atoms with Crippen molar-refractivity contribution in [3.8, 4) is 0 Å². The molecule has 0 radical (unpaired) electrons. The molecule has 3 rings (SSSR count). The van der Waals surface area contributed by atoms with Gasteiger partial charge in [0.25, 0.3) is 0 Å². The molecule has 1 aromatic heterocycles. The zero-order valence-corrected chi connectivity index (χ0v) is 14.6. The van der Waals surface area contributed by atoms with E-state index in [2.05, 4.69) is 10.3 Å². The number of hydrogen-bond donors (Lipinski definition) is 2. The van der Waals surface area contributed by atoms with E-state index in [-0.39, 0.29) is 18.3 Å². The second kappa shape index (κ2) is 7.83. The first-order chi connectivity index (χ1) is 11.1. The third kappa shape index (κ3) is 3.80. The predicted molar refractivity (Wildman–Crippen MR) is 97.7 cm³/mol. The molecule has 3 N–H and O–H groups in total. The predicted octanol–water partition coefficient (Wildman–Crippen LogP) is 3.43. The zero-order valence-electron chi connectivity index (χ0n) is 13.0. The molecule has 1 amide bonds. The van der Waals surface area contributed by atoms with Crippen molar-refractivity contribution in [3.63, 3.8) is 0 Å². The molecule has 7 heteroatoms. The number of anilines is 2. The summed E-state index contributed by atoms with van der Waals surface area (Å²) in [6.07, 6.45) is 2.78. The number of pyridine rings is 1. The van der Waals surface area contributed by atoms with Gasteiger partial charge in [0.2, 0.25) is 5.91 Å². The number of carbonyl (C=O) groups excluding carboxylic acids is 1. The van der Waals surface area contributed by atoms with Crippen molar-refractivity contribution in [3.05, 3.63) is 53.2 Å². The molecular formula is C17H19Cl2N3O2. The molecule has 5 nitrogen and oxygen atoms in total. The first-order valence-corrected chi connectivity index (χ1v) is 7.85. The fourth-order valence-electron chi connectivity index (χ4n) is 2.88. The molecule has 1 fully saturated rings. The lowest BCUT2D eigenvalue weighted by atomic mass is 9.73. The van der Waals surface area contributed by atoms with Crippen LogP contribution in [0.4, 0.5) is 11.5 Å². The van der Waals surface area contributed by atoms with Crippen molar-refractivity contribution in [1.29, 1.82) is 0 Å². The van der Waals surface area contributed by atoms with Gasteiger partial charge < -0.3 is 15.8 Å². The van der Waals surface area contributed by atoms with Crippen LogP contribution in [0, 0.1) is 0 Å². The lowest BCUT2D eigenvalue weighted by Gasteiger charge is -2.36. The number of benzene rings is 1. The Bertz CT molecular complexity index is 701. The minimum Gasteiger partial charge on any atom is -0.384 e. The van der Waals surface area contributed by atoms with Gasteiger partial charge >= 0.3 is 0 Å². The highest BCUT2D eigenvalue weighted by atomic mass is 35.5. The van der Waals surface area contributed by atoms with Gasteiger partial charge in [-0.15, -0.1) is 12.4 Å². The fourth-order valence-corrected chi connectivity index (χ4v) is 3.07. The molecule has 0 spiro atoms. The maximum absolute atomic E-state index is 13.0. The zero-order chi connectivity index (χ0) is 16.3. The fraction of sp³-hybridized carbons (Fsp3) is 0.294. The Hall–Kier alpha value is -1.82. The topological polar surface area (TPSA) is 77.2 Å². The minimum absolute atomic E-state index is 0. The number of amides is 1. The summed E-state index contributed by atoms with van der Waals surface area (Å²) in [6, 6.07) is 10.9. The standard InChI is InChI=1S/C17H18ClN3O2.ClH/c18-13-3-1-2-12(10-13)17(6-8-23-9-7-17)16(22)21-14-4-5-15(19)20-11-14;/h1-5,10-11H,6-9H2,(H2,19,20)(H,21,22);1H. The van der Waals surface area contributed by atoms with Crippen LogP contribution >= 0.6 is 24.0 Å². The van der Waals surface area contributed by atoms with Crippen molar-refractivity contribution in [2.24, 2.45) is 0 Å². The van der Waals surface area contributed by atoms with E-state index < -0.39 is 5.41 Å². The summed E-state index contributed by atoms with van der Waals surface area (Å²) in [5, 5.41) is 3.56. The number of rotatable bonds is 3. The average molecular weight is 368 g/mol. The number of aromatic nitrogens is 1. The Kier molecular flexibility index (Phi) is 6.04. The van der Waals surface area contributed by atoms with Gasteiger partial charge in [-0.1, -0.05) is 23.7 Å².